The summed E-state index contributed by atoms with van der Waals surface area (Å²) in [5.74, 6) is 9.22. The first-order valence-corrected chi connectivity index (χ1v) is 25.8. The number of aromatic hydroxyl groups is 2. The van der Waals surface area contributed by atoms with Crippen LogP contribution in [0.2, 0.25) is 0 Å². The van der Waals surface area contributed by atoms with Crippen LogP contribution in [0.25, 0.3) is 0 Å². The topological polar surface area (TPSA) is 172 Å². The predicted molar refractivity (Wildman–Crippen MR) is 258 cm³/mol. The zero-order valence-electron chi connectivity index (χ0n) is 36.8. The van der Waals surface area contributed by atoms with Gasteiger partial charge in [-0.05, 0) is 133 Å². The fourth-order valence-corrected chi connectivity index (χ4v) is 13.1. The van der Waals surface area contributed by atoms with Gasteiger partial charge < -0.3 is 36.5 Å². The molecule has 4 atom stereocenters. The number of carbonyl (C=O) groups excluding carboxylic acids is 2. The number of aliphatic hydroxyl groups is 1. The Hall–Kier alpha value is -4.44. The second-order valence-corrected chi connectivity index (χ2v) is 21.2. The van der Waals surface area contributed by atoms with Crippen molar-refractivity contribution in [3.05, 3.63) is 123 Å². The highest BCUT2D eigenvalue weighted by atomic mass is 33.1. The summed E-state index contributed by atoms with van der Waals surface area (Å²) in [4.78, 5) is 30.8. The second kappa shape index (κ2) is 21.2. The maximum Gasteiger partial charge on any atom is 0.165 e. The third-order valence-corrected chi connectivity index (χ3v) is 16.7. The number of aliphatic hydroxyl groups excluding tert-OH is 1. The van der Waals surface area contributed by atoms with E-state index in [9.17, 15) is 24.9 Å². The van der Waals surface area contributed by atoms with Crippen LogP contribution < -0.4 is 16.2 Å². The minimum atomic E-state index is -0.740. The number of aromatic amines is 1. The monoisotopic (exact) mass is 901 g/mol. The van der Waals surface area contributed by atoms with Crippen molar-refractivity contribution in [1.82, 2.24) is 4.98 Å². The molecule has 64 heavy (non-hydrogen) atoms. The Labute approximate surface area is 386 Å². The molecule has 1 aromatic heterocycles. The summed E-state index contributed by atoms with van der Waals surface area (Å²) in [6.45, 7) is 0.251. The van der Waals surface area contributed by atoms with Gasteiger partial charge in [0.2, 0.25) is 0 Å². The summed E-state index contributed by atoms with van der Waals surface area (Å²) in [7, 11) is 3.63. The molecule has 2 saturated carbocycles. The Bertz CT molecular complexity index is 2390. The van der Waals surface area contributed by atoms with E-state index in [4.69, 9.17) is 16.2 Å². The number of hydrogen-bond acceptors (Lipinski definition) is 10. The van der Waals surface area contributed by atoms with Crippen LogP contribution in [-0.2, 0) is 29.8 Å². The van der Waals surface area contributed by atoms with Crippen LogP contribution in [0.15, 0.2) is 72.9 Å². The van der Waals surface area contributed by atoms with Crippen LogP contribution >= 0.6 is 21.6 Å². The van der Waals surface area contributed by atoms with E-state index in [1.54, 1.807) is 29.1 Å². The number of ketones is 2. The van der Waals surface area contributed by atoms with Crippen molar-refractivity contribution in [3.8, 4) is 29.1 Å². The molecule has 11 heteroatoms. The number of nitrogens with two attached hydrogens (primary N) is 2. The summed E-state index contributed by atoms with van der Waals surface area (Å²) in [5, 5.41) is 33.2. The van der Waals surface area contributed by atoms with Gasteiger partial charge in [0.1, 0.15) is 5.75 Å². The van der Waals surface area contributed by atoms with E-state index in [0.717, 1.165) is 103 Å². The highest BCUT2D eigenvalue weighted by molar-refractivity contribution is 8.76. The van der Waals surface area contributed by atoms with E-state index in [1.165, 1.54) is 12.8 Å². The molecule has 1 aliphatic heterocycles. The van der Waals surface area contributed by atoms with E-state index in [2.05, 4.69) is 29.0 Å². The highest BCUT2D eigenvalue weighted by Crippen LogP contribution is 2.49. The predicted octanol–water partition coefficient (Wildman–Crippen LogP) is 10.1. The molecule has 8 rings (SSSR count). The number of benzene rings is 3. The van der Waals surface area contributed by atoms with E-state index in [0.29, 0.717) is 60.1 Å². The van der Waals surface area contributed by atoms with Gasteiger partial charge in [0.25, 0.3) is 0 Å². The molecule has 3 aromatic carbocycles. The Morgan fingerprint density at radius 2 is 1.72 bits per heavy atom. The number of hydrogen-bond donors (Lipinski definition) is 6. The number of phenols is 2. The number of aromatic nitrogens is 1. The lowest BCUT2D eigenvalue weighted by molar-refractivity contribution is -0.114. The number of allylic oxidation sites excluding steroid dienone is 2. The first kappa shape index (κ1) is 46.1. The van der Waals surface area contributed by atoms with Gasteiger partial charge in [-0.1, -0.05) is 89.5 Å². The molecule has 0 radical (unpaired) electrons. The van der Waals surface area contributed by atoms with Gasteiger partial charge in [-0.15, -0.1) is 0 Å². The smallest absolute Gasteiger partial charge is 0.165 e. The second-order valence-electron chi connectivity index (χ2n) is 18.7. The van der Waals surface area contributed by atoms with E-state index >= 15 is 0 Å². The van der Waals surface area contributed by atoms with Crippen LogP contribution in [-0.4, -0.2) is 50.3 Å². The lowest BCUT2D eigenvalue weighted by Crippen LogP contribution is -2.22. The molecule has 4 aromatic rings. The average Bonchev–Trinajstić information content (AvgIpc) is 4.09. The van der Waals surface area contributed by atoms with Crippen LogP contribution in [0.5, 0.6) is 17.2 Å². The molecule has 9 nitrogen and oxygen atoms in total. The first-order chi connectivity index (χ1) is 31.0. The average molecular weight is 902 g/mol. The van der Waals surface area contributed by atoms with Crippen molar-refractivity contribution >= 4 is 33.2 Å². The summed E-state index contributed by atoms with van der Waals surface area (Å²) in [5.41, 5.74) is 20.0. The van der Waals surface area contributed by atoms with Gasteiger partial charge in [-0.2, -0.15) is 0 Å². The number of aryl methyl sites for hydroxylation is 1. The lowest BCUT2D eigenvalue weighted by Gasteiger charge is -2.27. The van der Waals surface area contributed by atoms with E-state index < -0.39 is 12.1 Å². The maximum atomic E-state index is 14.2. The minimum absolute atomic E-state index is 0.0257. The molecular weight excluding hydrogens is 839 g/mol. The summed E-state index contributed by atoms with van der Waals surface area (Å²) in [6.07, 6.45) is 18.5. The molecule has 0 saturated heterocycles. The zero-order valence-corrected chi connectivity index (χ0v) is 38.4. The van der Waals surface area contributed by atoms with Crippen molar-refractivity contribution in [2.75, 3.05) is 12.4 Å². The fourth-order valence-electron chi connectivity index (χ4n) is 10.5. The SMILES string of the molecule is NC(N)c1cc2c3cc1CSSCC1CCC(CCCCC(O)C4CCCC4)(C=CC(=O)CCc4ccc(O)c(c4)OCCc4ccc(O)c(c4)C3CC(=O)c3cc[nH]c3CC#C2)C1. The van der Waals surface area contributed by atoms with Crippen LogP contribution in [0.3, 0.4) is 0 Å². The Balaban J connectivity index is 1.10. The van der Waals surface area contributed by atoms with Crippen molar-refractivity contribution in [1.29, 1.82) is 0 Å². The van der Waals surface area contributed by atoms with E-state index in [1.807, 2.05) is 53.3 Å². The number of H-pyrrole nitrogens is 1. The van der Waals surface area contributed by atoms with E-state index in [-0.39, 0.29) is 47.6 Å². The Morgan fingerprint density at radius 3 is 2.55 bits per heavy atom. The summed E-state index contributed by atoms with van der Waals surface area (Å²) >= 11 is 0. The molecule has 4 unspecified atom stereocenters. The third-order valence-electron chi connectivity index (χ3n) is 14.2. The maximum absolute atomic E-state index is 14.2. The fraction of sp³-hybridized carbons (Fsp3) is 0.472. The number of fused-ring (bicyclic) bond motifs is 9. The molecular formula is C53H63N3O6S2. The van der Waals surface area contributed by atoms with Gasteiger partial charge in [0.05, 0.1) is 25.3 Å². The number of rotatable bonds is 7. The molecule has 8 N–H and O–H groups in total. The minimum Gasteiger partial charge on any atom is -0.508 e. The van der Waals surface area contributed by atoms with Crippen LogP contribution in [0.4, 0.5) is 0 Å². The van der Waals surface area contributed by atoms with Crippen molar-refractivity contribution in [3.63, 3.8) is 0 Å². The molecule has 3 aliphatic carbocycles. The van der Waals surface area contributed by atoms with Gasteiger partial charge in [0.15, 0.2) is 23.1 Å². The van der Waals surface area contributed by atoms with Gasteiger partial charge >= 0.3 is 0 Å². The van der Waals surface area contributed by atoms with Crippen molar-refractivity contribution in [2.24, 2.45) is 28.7 Å². The Kier molecular flexibility index (Phi) is 15.3. The Morgan fingerprint density at radius 1 is 0.906 bits per heavy atom. The largest absolute Gasteiger partial charge is 0.508 e. The lowest BCUT2D eigenvalue weighted by atomic mass is 9.79. The van der Waals surface area contributed by atoms with Gasteiger partial charge in [0, 0.05) is 65.3 Å². The van der Waals surface area contributed by atoms with Gasteiger partial charge in [-0.25, -0.2) is 0 Å². The highest BCUT2D eigenvalue weighted by Gasteiger charge is 2.37. The normalized spacial score (nSPS) is 22.8. The van der Waals surface area contributed by atoms with Gasteiger partial charge in [-0.3, -0.25) is 9.59 Å². The quantitative estimate of drug-likeness (QED) is 0.0454. The number of nitrogens with one attached hydrogen (secondary N) is 1. The summed E-state index contributed by atoms with van der Waals surface area (Å²) in [6, 6.07) is 16.6. The summed E-state index contributed by atoms with van der Waals surface area (Å²) < 4.78 is 6.16. The third kappa shape index (κ3) is 11.3. The zero-order chi connectivity index (χ0) is 44.6. The standard InChI is InChI=1S/C53H63N3O6S2/c54-52(55)43-28-38-8-5-9-46-41(19-24-56-46)50(61)30-44-42(38)29-39(43)33-64-63-32-36-17-22-53(31-36,21-4-3-10-47(58)37-6-1-2-7-37)23-18-40(57)14-11-34-13-16-49(60)51(27-34)62-25-20-35-12-15-48(59)45(44)26-35/h12-13,15-16,18-19,23-24,26-29,36-37,44,47,52,56,58-60H,1-4,6-7,9-11,14,17,20-22,25,30-33,54-55H2. The number of ether oxygens (including phenoxy) is 1. The molecule has 4 aliphatic rings. The molecule has 8 bridgehead atoms. The molecule has 338 valence electrons. The molecule has 2 fully saturated rings. The molecule has 0 amide bonds. The number of unbranched alkanes of at least 4 members (excludes halogenated alkanes) is 1. The number of carbonyl (C=O) groups is 2. The first-order valence-electron chi connectivity index (χ1n) is 23.3. The van der Waals surface area contributed by atoms with Crippen LogP contribution in [0.1, 0.15) is 151 Å². The molecule has 2 heterocycles. The molecule has 0 spiro atoms. The number of phenolic OH excluding ortho intramolecular Hbond substituents is 2. The number of Topliss-reactive ketones (excluding diaryl/α,β-unsaturated/α-hetero) is 1. The van der Waals surface area contributed by atoms with Crippen molar-refractivity contribution < 1.29 is 29.6 Å². The van der Waals surface area contributed by atoms with Crippen LogP contribution in [0, 0.1) is 29.1 Å². The van der Waals surface area contributed by atoms with Crippen molar-refractivity contribution in [2.45, 2.75) is 127 Å².